The van der Waals surface area contributed by atoms with Gasteiger partial charge in [0.1, 0.15) is 5.82 Å². The lowest BCUT2D eigenvalue weighted by molar-refractivity contribution is 0.0284. The average molecular weight is 277 g/mol. The summed E-state index contributed by atoms with van der Waals surface area (Å²) in [6.07, 6.45) is 5.30. The molecule has 1 aliphatic rings. The summed E-state index contributed by atoms with van der Waals surface area (Å²) in [4.78, 5) is 6.88. The number of anilines is 1. The maximum atomic E-state index is 10.1. The number of rotatable bonds is 6. The van der Waals surface area contributed by atoms with E-state index < -0.39 is 0 Å². The van der Waals surface area contributed by atoms with E-state index in [-0.39, 0.29) is 12.1 Å². The molecule has 1 heterocycles. The number of nitrogens with zero attached hydrogens (tertiary/aromatic N) is 2. The van der Waals surface area contributed by atoms with E-state index in [9.17, 15) is 5.11 Å². The van der Waals surface area contributed by atoms with Crippen molar-refractivity contribution < 1.29 is 5.11 Å². The van der Waals surface area contributed by atoms with E-state index in [2.05, 4.69) is 35.2 Å². The van der Waals surface area contributed by atoms with Gasteiger partial charge < -0.3 is 10.4 Å². The smallest absolute Gasteiger partial charge is 0.126 e. The highest BCUT2D eigenvalue weighted by atomic mass is 16.3. The molecule has 4 nitrogen and oxygen atoms in total. The minimum atomic E-state index is -0.185. The molecule has 1 aromatic rings. The van der Waals surface area contributed by atoms with Crippen LogP contribution in [0.15, 0.2) is 18.2 Å². The molecule has 1 saturated carbocycles. The van der Waals surface area contributed by atoms with Gasteiger partial charge in [-0.25, -0.2) is 4.98 Å². The molecule has 112 valence electrons. The molecular formula is C16H27N3O. The molecule has 0 spiro atoms. The van der Waals surface area contributed by atoms with Gasteiger partial charge in [-0.3, -0.25) is 4.90 Å². The topological polar surface area (TPSA) is 48.4 Å². The number of pyridine rings is 1. The Morgan fingerprint density at radius 2 is 2.15 bits per heavy atom. The molecule has 2 rings (SSSR count). The molecule has 0 aliphatic heterocycles. The Bertz CT molecular complexity index is 410. The van der Waals surface area contributed by atoms with Crippen LogP contribution in [-0.4, -0.2) is 40.7 Å². The maximum absolute atomic E-state index is 10.1. The summed E-state index contributed by atoms with van der Waals surface area (Å²) >= 11 is 0. The molecule has 0 radical (unpaired) electrons. The van der Waals surface area contributed by atoms with Crippen molar-refractivity contribution in [2.24, 2.45) is 0 Å². The molecule has 1 aromatic heterocycles. The fourth-order valence-electron chi connectivity index (χ4n) is 2.90. The molecule has 1 fully saturated rings. The molecular weight excluding hydrogens is 250 g/mol. The Labute approximate surface area is 122 Å². The van der Waals surface area contributed by atoms with Crippen LogP contribution >= 0.6 is 0 Å². The highest BCUT2D eigenvalue weighted by Gasteiger charge is 2.26. The summed E-state index contributed by atoms with van der Waals surface area (Å²) in [5.41, 5.74) is 1.06. The third kappa shape index (κ3) is 4.18. The number of aromatic nitrogens is 1. The standard InChI is InChI=1S/C16H27N3O/c1-3-11-17-16-10-6-7-13(18-16)12-19(2)14-8-4-5-9-15(14)20/h6-7,10,14-15,20H,3-5,8-9,11-12H2,1-2H3,(H,17,18). The Balaban J connectivity index is 1.94. The summed E-state index contributed by atoms with van der Waals surface area (Å²) < 4.78 is 0. The second-order valence-electron chi connectivity index (χ2n) is 5.78. The van der Waals surface area contributed by atoms with E-state index in [1.807, 2.05) is 12.1 Å². The summed E-state index contributed by atoms with van der Waals surface area (Å²) in [6.45, 7) is 3.89. The van der Waals surface area contributed by atoms with E-state index in [1.165, 1.54) is 6.42 Å². The monoisotopic (exact) mass is 277 g/mol. The van der Waals surface area contributed by atoms with E-state index in [1.54, 1.807) is 0 Å². The van der Waals surface area contributed by atoms with Gasteiger partial charge in [-0.15, -0.1) is 0 Å². The first-order chi connectivity index (χ1) is 9.70. The van der Waals surface area contributed by atoms with Gasteiger partial charge >= 0.3 is 0 Å². The molecule has 2 atom stereocenters. The van der Waals surface area contributed by atoms with Crippen molar-refractivity contribution >= 4 is 5.82 Å². The minimum Gasteiger partial charge on any atom is -0.391 e. The fraction of sp³-hybridized carbons (Fsp3) is 0.688. The number of nitrogens with one attached hydrogen (secondary N) is 1. The Hall–Kier alpha value is -1.13. The predicted octanol–water partition coefficient (Wildman–Crippen LogP) is 2.64. The lowest BCUT2D eigenvalue weighted by Crippen LogP contribution is -2.43. The third-order valence-corrected chi connectivity index (χ3v) is 4.03. The van der Waals surface area contributed by atoms with Gasteiger partial charge in [-0.2, -0.15) is 0 Å². The van der Waals surface area contributed by atoms with Gasteiger partial charge in [0, 0.05) is 19.1 Å². The van der Waals surface area contributed by atoms with Crippen molar-refractivity contribution in [3.63, 3.8) is 0 Å². The molecule has 0 amide bonds. The normalized spacial score (nSPS) is 23.0. The van der Waals surface area contributed by atoms with Crippen LogP contribution in [0.5, 0.6) is 0 Å². The lowest BCUT2D eigenvalue weighted by atomic mass is 9.91. The van der Waals surface area contributed by atoms with Crippen molar-refractivity contribution in [1.82, 2.24) is 9.88 Å². The zero-order valence-electron chi connectivity index (χ0n) is 12.7. The summed E-state index contributed by atoms with van der Waals surface area (Å²) in [5, 5.41) is 13.4. The van der Waals surface area contributed by atoms with Crippen LogP contribution in [0, 0.1) is 0 Å². The molecule has 0 saturated heterocycles. The molecule has 2 N–H and O–H groups in total. The van der Waals surface area contributed by atoms with Crippen molar-refractivity contribution in [1.29, 1.82) is 0 Å². The Morgan fingerprint density at radius 3 is 2.90 bits per heavy atom. The van der Waals surface area contributed by atoms with Gasteiger partial charge in [-0.05, 0) is 38.4 Å². The first kappa shape index (κ1) is 15.3. The van der Waals surface area contributed by atoms with Crippen molar-refractivity contribution in [2.75, 3.05) is 18.9 Å². The number of aliphatic hydroxyl groups excluding tert-OH is 1. The average Bonchev–Trinajstić information content (AvgIpc) is 2.46. The third-order valence-electron chi connectivity index (χ3n) is 4.03. The summed E-state index contributed by atoms with van der Waals surface area (Å²) in [7, 11) is 2.09. The van der Waals surface area contributed by atoms with Crippen LogP contribution in [0.25, 0.3) is 0 Å². The van der Waals surface area contributed by atoms with Crippen molar-refractivity contribution in [2.45, 2.75) is 57.7 Å². The van der Waals surface area contributed by atoms with Crippen LogP contribution < -0.4 is 5.32 Å². The SMILES string of the molecule is CCCNc1cccc(CN(C)C2CCCCC2O)n1. The van der Waals surface area contributed by atoms with E-state index in [4.69, 9.17) is 0 Å². The first-order valence-electron chi connectivity index (χ1n) is 7.79. The lowest BCUT2D eigenvalue weighted by Gasteiger charge is -2.35. The van der Waals surface area contributed by atoms with Crippen molar-refractivity contribution in [3.8, 4) is 0 Å². The van der Waals surface area contributed by atoms with Gasteiger partial charge in [0.25, 0.3) is 0 Å². The number of likely N-dealkylation sites (N-methyl/N-ethyl adjacent to an activating group) is 1. The minimum absolute atomic E-state index is 0.185. The number of hydrogen-bond donors (Lipinski definition) is 2. The second kappa shape index (κ2) is 7.60. The molecule has 0 bridgehead atoms. The zero-order chi connectivity index (χ0) is 14.4. The van der Waals surface area contributed by atoms with E-state index in [0.717, 1.165) is 50.3 Å². The fourth-order valence-corrected chi connectivity index (χ4v) is 2.90. The van der Waals surface area contributed by atoms with Crippen LogP contribution in [0.3, 0.4) is 0 Å². The van der Waals surface area contributed by atoms with Crippen LogP contribution in [0.2, 0.25) is 0 Å². The predicted molar refractivity (Wildman–Crippen MR) is 82.7 cm³/mol. The molecule has 1 aliphatic carbocycles. The summed E-state index contributed by atoms with van der Waals surface area (Å²) in [5.74, 6) is 0.946. The molecule has 0 aromatic carbocycles. The van der Waals surface area contributed by atoms with Gasteiger partial charge in [0.2, 0.25) is 0 Å². The quantitative estimate of drug-likeness (QED) is 0.839. The first-order valence-corrected chi connectivity index (χ1v) is 7.79. The molecule has 2 unspecified atom stereocenters. The van der Waals surface area contributed by atoms with E-state index in [0.29, 0.717) is 0 Å². The molecule has 20 heavy (non-hydrogen) atoms. The highest BCUT2D eigenvalue weighted by molar-refractivity contribution is 5.35. The van der Waals surface area contributed by atoms with Crippen molar-refractivity contribution in [3.05, 3.63) is 23.9 Å². The zero-order valence-corrected chi connectivity index (χ0v) is 12.7. The Morgan fingerprint density at radius 1 is 1.35 bits per heavy atom. The summed E-state index contributed by atoms with van der Waals surface area (Å²) in [6, 6.07) is 6.39. The molecule has 4 heteroatoms. The largest absolute Gasteiger partial charge is 0.391 e. The number of hydrogen-bond acceptors (Lipinski definition) is 4. The van der Waals surface area contributed by atoms with Gasteiger partial charge in [-0.1, -0.05) is 25.8 Å². The van der Waals surface area contributed by atoms with Crippen LogP contribution in [0.1, 0.15) is 44.7 Å². The second-order valence-corrected chi connectivity index (χ2v) is 5.78. The van der Waals surface area contributed by atoms with E-state index >= 15 is 0 Å². The van der Waals surface area contributed by atoms with Crippen LogP contribution in [0.4, 0.5) is 5.82 Å². The highest BCUT2D eigenvalue weighted by Crippen LogP contribution is 2.23. The van der Waals surface area contributed by atoms with Crippen LogP contribution in [-0.2, 0) is 6.54 Å². The Kier molecular flexibility index (Phi) is 5.80. The van der Waals surface area contributed by atoms with Gasteiger partial charge in [0.15, 0.2) is 0 Å². The maximum Gasteiger partial charge on any atom is 0.126 e. The van der Waals surface area contributed by atoms with Gasteiger partial charge in [0.05, 0.1) is 11.8 Å². The number of aliphatic hydroxyl groups is 1.